The highest BCUT2D eigenvalue weighted by Gasteiger charge is 2.19. The zero-order chi connectivity index (χ0) is 15.0. The van der Waals surface area contributed by atoms with Crippen molar-refractivity contribution < 1.29 is 12.8 Å². The number of sulfonamides is 1. The minimum Gasteiger partial charge on any atom is -0.315 e. The van der Waals surface area contributed by atoms with Gasteiger partial charge in [0, 0.05) is 13.1 Å². The van der Waals surface area contributed by atoms with E-state index in [1.165, 1.54) is 12.1 Å². The highest BCUT2D eigenvalue weighted by molar-refractivity contribution is 7.90. The van der Waals surface area contributed by atoms with Crippen molar-refractivity contribution in [3.05, 3.63) is 35.6 Å². The molecule has 1 rings (SSSR count). The van der Waals surface area contributed by atoms with E-state index in [2.05, 4.69) is 10.0 Å². The Bertz CT molecular complexity index is 488. The van der Waals surface area contributed by atoms with Gasteiger partial charge >= 0.3 is 0 Å². The first-order chi connectivity index (χ1) is 9.45. The lowest BCUT2D eigenvalue weighted by molar-refractivity contribution is 0.557. The number of nitrogens with one attached hydrogen (secondary N) is 2. The predicted molar refractivity (Wildman–Crippen MR) is 79.6 cm³/mol. The average Bonchev–Trinajstić information content (AvgIpc) is 2.41. The molecule has 0 aromatic heterocycles. The minimum absolute atomic E-state index is 0.287. The number of rotatable bonds is 9. The SMILES string of the molecule is CCCNCC(C)S(=O)(=O)NCCc1ccc(F)cc1. The molecule has 0 aliphatic rings. The Morgan fingerprint density at radius 1 is 1.20 bits per heavy atom. The molecule has 0 aliphatic heterocycles. The second-order valence-corrected chi connectivity index (χ2v) is 7.01. The van der Waals surface area contributed by atoms with Gasteiger partial charge in [0.2, 0.25) is 10.0 Å². The van der Waals surface area contributed by atoms with Gasteiger partial charge in [0.25, 0.3) is 0 Å². The highest BCUT2D eigenvalue weighted by Crippen LogP contribution is 2.04. The predicted octanol–water partition coefficient (Wildman–Crippen LogP) is 1.68. The smallest absolute Gasteiger partial charge is 0.215 e. The molecule has 4 nitrogen and oxygen atoms in total. The Labute approximate surface area is 120 Å². The number of halogens is 1. The zero-order valence-electron chi connectivity index (χ0n) is 12.0. The second-order valence-electron chi connectivity index (χ2n) is 4.83. The summed E-state index contributed by atoms with van der Waals surface area (Å²) in [6.45, 7) is 5.30. The van der Waals surface area contributed by atoms with E-state index in [1.54, 1.807) is 19.1 Å². The van der Waals surface area contributed by atoms with Crippen molar-refractivity contribution in [1.82, 2.24) is 10.0 Å². The number of hydrogen-bond acceptors (Lipinski definition) is 3. The van der Waals surface area contributed by atoms with Gasteiger partial charge in [-0.3, -0.25) is 0 Å². The van der Waals surface area contributed by atoms with Crippen LogP contribution in [0.3, 0.4) is 0 Å². The van der Waals surface area contributed by atoms with Crippen molar-refractivity contribution in [3.63, 3.8) is 0 Å². The first kappa shape index (κ1) is 17.1. The van der Waals surface area contributed by atoms with Crippen LogP contribution in [-0.2, 0) is 16.4 Å². The van der Waals surface area contributed by atoms with Crippen LogP contribution in [0.1, 0.15) is 25.8 Å². The van der Waals surface area contributed by atoms with Gasteiger partial charge in [0.15, 0.2) is 0 Å². The monoisotopic (exact) mass is 302 g/mol. The molecule has 0 aliphatic carbocycles. The van der Waals surface area contributed by atoms with E-state index in [1.807, 2.05) is 6.92 Å². The first-order valence-electron chi connectivity index (χ1n) is 6.89. The van der Waals surface area contributed by atoms with Crippen molar-refractivity contribution in [2.24, 2.45) is 0 Å². The topological polar surface area (TPSA) is 58.2 Å². The van der Waals surface area contributed by atoms with Crippen LogP contribution >= 0.6 is 0 Å². The van der Waals surface area contributed by atoms with E-state index >= 15 is 0 Å². The maximum Gasteiger partial charge on any atom is 0.215 e. The van der Waals surface area contributed by atoms with Crippen molar-refractivity contribution in [2.45, 2.75) is 31.9 Å². The van der Waals surface area contributed by atoms with Crippen LogP contribution in [0.2, 0.25) is 0 Å². The molecular formula is C14H23FN2O2S. The Morgan fingerprint density at radius 2 is 1.85 bits per heavy atom. The van der Waals surface area contributed by atoms with Crippen LogP contribution in [0.15, 0.2) is 24.3 Å². The van der Waals surface area contributed by atoms with Crippen molar-refractivity contribution in [2.75, 3.05) is 19.6 Å². The molecule has 20 heavy (non-hydrogen) atoms. The summed E-state index contributed by atoms with van der Waals surface area (Å²) in [5.74, 6) is -0.287. The first-order valence-corrected chi connectivity index (χ1v) is 8.44. The highest BCUT2D eigenvalue weighted by atomic mass is 32.2. The fourth-order valence-electron chi connectivity index (χ4n) is 1.72. The molecule has 0 amide bonds. The maximum absolute atomic E-state index is 12.7. The normalized spacial score (nSPS) is 13.3. The molecule has 0 saturated heterocycles. The standard InChI is InChI=1S/C14H23FN2O2S/c1-3-9-16-11-12(2)20(18,19)17-10-8-13-4-6-14(15)7-5-13/h4-7,12,16-17H,3,8-11H2,1-2H3. The van der Waals surface area contributed by atoms with Gasteiger partial charge in [0.05, 0.1) is 5.25 Å². The van der Waals surface area contributed by atoms with Crippen molar-refractivity contribution in [1.29, 1.82) is 0 Å². The maximum atomic E-state index is 12.7. The molecule has 0 fully saturated rings. The van der Waals surface area contributed by atoms with Crippen LogP contribution in [-0.4, -0.2) is 33.3 Å². The van der Waals surface area contributed by atoms with E-state index in [4.69, 9.17) is 0 Å². The second kappa shape index (κ2) is 8.34. The molecule has 114 valence electrons. The molecule has 0 spiro atoms. The Balaban J connectivity index is 2.37. The third-order valence-electron chi connectivity index (χ3n) is 3.02. The number of benzene rings is 1. The zero-order valence-corrected chi connectivity index (χ0v) is 12.8. The van der Waals surface area contributed by atoms with E-state index in [0.29, 0.717) is 19.5 Å². The lowest BCUT2D eigenvalue weighted by Gasteiger charge is -2.14. The lowest BCUT2D eigenvalue weighted by atomic mass is 10.1. The summed E-state index contributed by atoms with van der Waals surface area (Å²) in [4.78, 5) is 0. The molecule has 6 heteroatoms. The Kier molecular flexibility index (Phi) is 7.12. The van der Waals surface area contributed by atoms with Gasteiger partial charge in [-0.25, -0.2) is 17.5 Å². The summed E-state index contributed by atoms with van der Waals surface area (Å²) in [5.41, 5.74) is 0.908. The third-order valence-corrected chi connectivity index (χ3v) is 4.85. The molecule has 1 aromatic carbocycles. The van der Waals surface area contributed by atoms with E-state index in [0.717, 1.165) is 18.5 Å². The van der Waals surface area contributed by atoms with Gasteiger partial charge in [-0.1, -0.05) is 19.1 Å². The summed E-state index contributed by atoms with van der Waals surface area (Å²) >= 11 is 0. The lowest BCUT2D eigenvalue weighted by Crippen LogP contribution is -2.39. The molecule has 0 radical (unpaired) electrons. The minimum atomic E-state index is -3.31. The van der Waals surface area contributed by atoms with Gasteiger partial charge in [-0.15, -0.1) is 0 Å². The summed E-state index contributed by atoms with van der Waals surface area (Å²) in [7, 11) is -3.31. The van der Waals surface area contributed by atoms with Gasteiger partial charge in [-0.2, -0.15) is 0 Å². The van der Waals surface area contributed by atoms with Crippen LogP contribution in [0.25, 0.3) is 0 Å². The Morgan fingerprint density at radius 3 is 2.45 bits per heavy atom. The van der Waals surface area contributed by atoms with E-state index < -0.39 is 15.3 Å². The quantitative estimate of drug-likeness (QED) is 0.682. The fraction of sp³-hybridized carbons (Fsp3) is 0.571. The molecular weight excluding hydrogens is 279 g/mol. The fourth-order valence-corrected chi connectivity index (χ4v) is 2.73. The third kappa shape index (κ3) is 5.98. The molecule has 1 atom stereocenters. The molecule has 0 bridgehead atoms. The molecule has 2 N–H and O–H groups in total. The van der Waals surface area contributed by atoms with Crippen LogP contribution < -0.4 is 10.0 Å². The van der Waals surface area contributed by atoms with Gasteiger partial charge in [0.1, 0.15) is 5.82 Å². The summed E-state index contributed by atoms with van der Waals surface area (Å²) in [5, 5.41) is 2.62. The van der Waals surface area contributed by atoms with Gasteiger partial charge < -0.3 is 5.32 Å². The number of hydrogen-bond donors (Lipinski definition) is 2. The molecule has 1 aromatic rings. The van der Waals surface area contributed by atoms with Crippen molar-refractivity contribution in [3.8, 4) is 0 Å². The molecule has 0 heterocycles. The molecule has 0 saturated carbocycles. The van der Waals surface area contributed by atoms with E-state index in [-0.39, 0.29) is 5.82 Å². The van der Waals surface area contributed by atoms with Crippen LogP contribution in [0, 0.1) is 5.82 Å². The molecule has 1 unspecified atom stereocenters. The van der Waals surface area contributed by atoms with Gasteiger partial charge in [-0.05, 0) is 44.0 Å². The van der Waals surface area contributed by atoms with Crippen LogP contribution in [0.5, 0.6) is 0 Å². The van der Waals surface area contributed by atoms with Crippen LogP contribution in [0.4, 0.5) is 4.39 Å². The summed E-state index contributed by atoms with van der Waals surface area (Å²) in [6.07, 6.45) is 1.53. The largest absolute Gasteiger partial charge is 0.315 e. The Hall–Kier alpha value is -0.980. The average molecular weight is 302 g/mol. The van der Waals surface area contributed by atoms with E-state index in [9.17, 15) is 12.8 Å². The van der Waals surface area contributed by atoms with Crippen molar-refractivity contribution >= 4 is 10.0 Å². The summed E-state index contributed by atoms with van der Waals surface area (Å²) < 4.78 is 39.2. The summed E-state index contributed by atoms with van der Waals surface area (Å²) in [6, 6.07) is 6.08.